The van der Waals surface area contributed by atoms with Crippen LogP contribution in [0, 0.1) is 13.8 Å². The first-order chi connectivity index (χ1) is 10.5. The first kappa shape index (κ1) is 14.8. The van der Waals surface area contributed by atoms with Crippen molar-refractivity contribution < 1.29 is 12.9 Å². The largest absolute Gasteiger partial charge is 0.360 e. The second-order valence-electron chi connectivity index (χ2n) is 4.89. The lowest BCUT2D eigenvalue weighted by Gasteiger charge is -2.06. The Bertz CT molecular complexity index is 893. The summed E-state index contributed by atoms with van der Waals surface area (Å²) in [5, 5.41) is 5.65. The van der Waals surface area contributed by atoms with E-state index in [0.29, 0.717) is 5.76 Å². The average molecular weight is 334 g/mol. The van der Waals surface area contributed by atoms with Crippen LogP contribution in [0.5, 0.6) is 0 Å². The van der Waals surface area contributed by atoms with E-state index in [9.17, 15) is 8.42 Å². The van der Waals surface area contributed by atoms with Gasteiger partial charge in [-0.1, -0.05) is 17.3 Å². The molecule has 3 rings (SSSR count). The molecule has 114 valence electrons. The summed E-state index contributed by atoms with van der Waals surface area (Å²) in [6.07, 6.45) is 0. The smallest absolute Gasteiger partial charge is 0.263 e. The molecule has 0 unspecified atom stereocenters. The summed E-state index contributed by atoms with van der Waals surface area (Å²) >= 11 is 1.63. The third kappa shape index (κ3) is 2.90. The summed E-state index contributed by atoms with van der Waals surface area (Å²) in [6.45, 7) is 3.73. The van der Waals surface area contributed by atoms with Gasteiger partial charge in [0.15, 0.2) is 5.82 Å². The molecule has 0 bridgehead atoms. The van der Waals surface area contributed by atoms with Crippen LogP contribution in [-0.2, 0) is 10.0 Å². The molecule has 1 N–H and O–H groups in total. The van der Waals surface area contributed by atoms with E-state index in [0.717, 1.165) is 10.4 Å². The van der Waals surface area contributed by atoms with Gasteiger partial charge in [-0.25, -0.2) is 8.42 Å². The van der Waals surface area contributed by atoms with Crippen LogP contribution in [0.25, 0.3) is 10.4 Å². The molecule has 7 heteroatoms. The third-order valence-electron chi connectivity index (χ3n) is 3.16. The van der Waals surface area contributed by atoms with Gasteiger partial charge >= 0.3 is 0 Å². The molecule has 0 spiro atoms. The molecule has 2 aromatic heterocycles. The van der Waals surface area contributed by atoms with E-state index >= 15 is 0 Å². The van der Waals surface area contributed by atoms with Crippen LogP contribution in [0.1, 0.15) is 11.3 Å². The number of aromatic nitrogens is 1. The molecule has 5 nitrogen and oxygen atoms in total. The number of aryl methyl sites for hydroxylation is 2. The maximum atomic E-state index is 12.3. The first-order valence-electron chi connectivity index (χ1n) is 6.56. The van der Waals surface area contributed by atoms with Crippen molar-refractivity contribution >= 4 is 27.2 Å². The number of hydrogen-bond donors (Lipinski definition) is 1. The Hall–Kier alpha value is -2.12. The van der Waals surface area contributed by atoms with E-state index in [1.165, 1.54) is 11.6 Å². The molecule has 0 fully saturated rings. The van der Waals surface area contributed by atoms with Crippen molar-refractivity contribution in [2.45, 2.75) is 18.7 Å². The van der Waals surface area contributed by atoms with Gasteiger partial charge in [-0.3, -0.25) is 4.72 Å². The summed E-state index contributed by atoms with van der Waals surface area (Å²) in [5.74, 6) is 0.719. The molecule has 0 atom stereocenters. The standard InChI is InChI=1S/C15H14N2O3S2/c1-10-7-8-21-15(10)12-3-5-13(6-4-12)22(18,19)17-14-9-11(2)20-16-14/h3-9H,1-2H3,(H,16,17). The second kappa shape index (κ2) is 5.58. The molecule has 2 heterocycles. The number of rotatable bonds is 4. The highest BCUT2D eigenvalue weighted by Crippen LogP contribution is 2.29. The molecule has 0 saturated heterocycles. The normalized spacial score (nSPS) is 11.5. The third-order valence-corrected chi connectivity index (χ3v) is 5.59. The molecule has 0 saturated carbocycles. The van der Waals surface area contributed by atoms with Crippen LogP contribution >= 0.6 is 11.3 Å². The molecule has 0 amide bonds. The summed E-state index contributed by atoms with van der Waals surface area (Å²) in [6, 6.07) is 10.4. The lowest BCUT2D eigenvalue weighted by molar-refractivity contribution is 0.400. The summed E-state index contributed by atoms with van der Waals surface area (Å²) in [4.78, 5) is 1.33. The van der Waals surface area contributed by atoms with Crippen LogP contribution in [0.2, 0.25) is 0 Å². The summed E-state index contributed by atoms with van der Waals surface area (Å²) < 4.78 is 31.8. The van der Waals surface area contributed by atoms with Gasteiger partial charge in [0.25, 0.3) is 10.0 Å². The van der Waals surface area contributed by atoms with E-state index in [2.05, 4.69) is 9.88 Å². The van der Waals surface area contributed by atoms with Gasteiger partial charge < -0.3 is 4.52 Å². The fourth-order valence-electron chi connectivity index (χ4n) is 2.07. The Labute approximate surface area is 132 Å². The zero-order chi connectivity index (χ0) is 15.7. The highest BCUT2D eigenvalue weighted by molar-refractivity contribution is 7.92. The highest BCUT2D eigenvalue weighted by Gasteiger charge is 2.16. The zero-order valence-electron chi connectivity index (χ0n) is 12.0. The minimum atomic E-state index is -3.66. The van der Waals surface area contributed by atoms with Crippen molar-refractivity contribution in [2.75, 3.05) is 4.72 Å². The SMILES string of the molecule is Cc1cc(NS(=O)(=O)c2ccc(-c3sccc3C)cc2)no1. The quantitative estimate of drug-likeness (QED) is 0.787. The Morgan fingerprint density at radius 3 is 2.41 bits per heavy atom. The van der Waals surface area contributed by atoms with Gasteiger partial charge in [-0.2, -0.15) is 0 Å². The van der Waals surface area contributed by atoms with Crippen molar-refractivity contribution in [1.29, 1.82) is 0 Å². The van der Waals surface area contributed by atoms with Crippen molar-refractivity contribution in [1.82, 2.24) is 5.16 Å². The Morgan fingerprint density at radius 2 is 1.86 bits per heavy atom. The number of thiophene rings is 1. The Kier molecular flexibility index (Phi) is 3.76. The van der Waals surface area contributed by atoms with Gasteiger partial charge in [0.1, 0.15) is 5.76 Å². The molecule has 0 aliphatic carbocycles. The van der Waals surface area contributed by atoms with Crippen molar-refractivity contribution in [3.8, 4) is 10.4 Å². The maximum absolute atomic E-state index is 12.3. The van der Waals surface area contributed by atoms with Crippen LogP contribution < -0.4 is 4.72 Å². The fraction of sp³-hybridized carbons (Fsp3) is 0.133. The van der Waals surface area contributed by atoms with E-state index in [1.54, 1.807) is 42.5 Å². The number of nitrogens with one attached hydrogen (secondary N) is 1. The molecule has 0 radical (unpaired) electrons. The van der Waals surface area contributed by atoms with E-state index in [4.69, 9.17) is 4.52 Å². The van der Waals surface area contributed by atoms with Crippen LogP contribution in [0.15, 0.2) is 51.2 Å². The number of hydrogen-bond acceptors (Lipinski definition) is 5. The number of sulfonamides is 1. The molecule has 1 aromatic carbocycles. The van der Waals surface area contributed by atoms with Crippen molar-refractivity contribution in [3.05, 3.63) is 53.1 Å². The van der Waals surface area contributed by atoms with Crippen LogP contribution in [0.4, 0.5) is 5.82 Å². The lowest BCUT2D eigenvalue weighted by atomic mass is 10.1. The average Bonchev–Trinajstić information content (AvgIpc) is 3.07. The molecule has 22 heavy (non-hydrogen) atoms. The van der Waals surface area contributed by atoms with Crippen molar-refractivity contribution in [3.63, 3.8) is 0 Å². The number of anilines is 1. The molecular weight excluding hydrogens is 320 g/mol. The van der Waals surface area contributed by atoms with Gasteiger partial charge in [0, 0.05) is 10.9 Å². The lowest BCUT2D eigenvalue weighted by Crippen LogP contribution is -2.12. The summed E-state index contributed by atoms with van der Waals surface area (Å²) in [7, 11) is -3.66. The Morgan fingerprint density at radius 1 is 1.14 bits per heavy atom. The first-order valence-corrected chi connectivity index (χ1v) is 8.93. The fourth-order valence-corrected chi connectivity index (χ4v) is 3.98. The monoisotopic (exact) mass is 334 g/mol. The molecular formula is C15H14N2O3S2. The predicted octanol–water partition coefficient (Wildman–Crippen LogP) is 3.82. The topological polar surface area (TPSA) is 72.2 Å². The minimum Gasteiger partial charge on any atom is -0.360 e. The summed E-state index contributed by atoms with van der Waals surface area (Å²) in [5.41, 5.74) is 2.18. The minimum absolute atomic E-state index is 0.177. The predicted molar refractivity (Wildman–Crippen MR) is 86.5 cm³/mol. The van der Waals surface area contributed by atoms with Gasteiger partial charge in [-0.15, -0.1) is 11.3 Å². The molecule has 3 aromatic rings. The van der Waals surface area contributed by atoms with Gasteiger partial charge in [0.2, 0.25) is 0 Å². The van der Waals surface area contributed by atoms with Gasteiger partial charge in [-0.05, 0) is 48.6 Å². The van der Waals surface area contributed by atoms with Gasteiger partial charge in [0.05, 0.1) is 4.90 Å². The molecule has 0 aliphatic heterocycles. The highest BCUT2D eigenvalue weighted by atomic mass is 32.2. The second-order valence-corrected chi connectivity index (χ2v) is 7.48. The molecule has 0 aliphatic rings. The maximum Gasteiger partial charge on any atom is 0.263 e. The van der Waals surface area contributed by atoms with Crippen LogP contribution in [-0.4, -0.2) is 13.6 Å². The van der Waals surface area contributed by atoms with Crippen molar-refractivity contribution in [2.24, 2.45) is 0 Å². The Balaban J connectivity index is 1.87. The van der Waals surface area contributed by atoms with E-state index < -0.39 is 10.0 Å². The van der Waals surface area contributed by atoms with Crippen LogP contribution in [0.3, 0.4) is 0 Å². The van der Waals surface area contributed by atoms with E-state index in [-0.39, 0.29) is 10.7 Å². The number of benzene rings is 1. The van der Waals surface area contributed by atoms with E-state index in [1.807, 2.05) is 18.4 Å². The number of nitrogens with zero attached hydrogens (tertiary/aromatic N) is 1. The zero-order valence-corrected chi connectivity index (χ0v) is 13.7.